The third-order valence-corrected chi connectivity index (χ3v) is 9.80. The second-order valence-corrected chi connectivity index (χ2v) is 13.3. The van der Waals surface area contributed by atoms with Crippen LogP contribution in [0, 0.1) is 5.92 Å². The molecule has 2 aromatic carbocycles. The van der Waals surface area contributed by atoms with Gasteiger partial charge in [-0.1, -0.05) is 62.2 Å². The predicted octanol–water partition coefficient (Wildman–Crippen LogP) is 5.39. The maximum absolute atomic E-state index is 14.6. The van der Waals surface area contributed by atoms with Crippen molar-refractivity contribution in [3.8, 4) is 22.8 Å². The number of amides is 4. The number of carbonyl (C=O) groups is 4. The summed E-state index contributed by atoms with van der Waals surface area (Å²) >= 11 is 0. The quantitative estimate of drug-likeness (QED) is 0.169. The van der Waals surface area contributed by atoms with E-state index >= 15 is 0 Å². The van der Waals surface area contributed by atoms with E-state index in [2.05, 4.69) is 16.0 Å². The van der Waals surface area contributed by atoms with Crippen molar-refractivity contribution in [2.45, 2.75) is 75.6 Å². The van der Waals surface area contributed by atoms with Gasteiger partial charge in [-0.15, -0.1) is 0 Å². The molecule has 13 heteroatoms. The number of methoxy groups -OCH3 is 1. The van der Waals surface area contributed by atoms with E-state index < -0.39 is 47.2 Å². The summed E-state index contributed by atoms with van der Waals surface area (Å²) in [6.45, 7) is 2.31. The number of benzene rings is 2. The number of carboxylic acid groups (broad SMARTS) is 1. The third kappa shape index (κ3) is 7.57. The fourth-order valence-corrected chi connectivity index (χ4v) is 6.83. The molecule has 1 saturated carbocycles. The minimum Gasteiger partial charge on any atom is -0.497 e. The number of rotatable bonds is 9. The second kappa shape index (κ2) is 15.3. The van der Waals surface area contributed by atoms with Crippen LogP contribution in [0.25, 0.3) is 22.2 Å². The first-order valence-electron chi connectivity index (χ1n) is 17.6. The summed E-state index contributed by atoms with van der Waals surface area (Å²) < 4.78 is 17.6. The van der Waals surface area contributed by atoms with Gasteiger partial charge in [0.2, 0.25) is 5.66 Å². The topological polar surface area (TPSA) is 168 Å². The molecule has 51 heavy (non-hydrogen) atoms. The van der Waals surface area contributed by atoms with Gasteiger partial charge in [-0.2, -0.15) is 0 Å². The maximum Gasteiger partial charge on any atom is 0.409 e. The van der Waals surface area contributed by atoms with Gasteiger partial charge in [0.25, 0.3) is 5.91 Å². The zero-order valence-electron chi connectivity index (χ0n) is 29.0. The third-order valence-electron chi connectivity index (χ3n) is 9.80. The number of fused-ring (bicyclic) bond motifs is 3. The fourth-order valence-electron chi connectivity index (χ4n) is 6.83. The summed E-state index contributed by atoms with van der Waals surface area (Å²) in [5, 5.41) is 19.3. The Morgan fingerprint density at radius 2 is 1.90 bits per heavy atom. The highest BCUT2D eigenvalue weighted by atomic mass is 16.5. The number of aromatic nitrogens is 1. The van der Waals surface area contributed by atoms with Crippen LogP contribution in [0.3, 0.4) is 0 Å². The van der Waals surface area contributed by atoms with E-state index in [4.69, 9.17) is 19.2 Å². The van der Waals surface area contributed by atoms with Gasteiger partial charge in [-0.05, 0) is 44.2 Å². The van der Waals surface area contributed by atoms with Crippen molar-refractivity contribution < 1.29 is 38.5 Å². The van der Waals surface area contributed by atoms with Crippen LogP contribution < -0.4 is 25.4 Å². The molecule has 6 rings (SSSR count). The minimum atomic E-state index is -2.04. The number of carbonyl (C=O) groups excluding carboxylic acids is 3. The van der Waals surface area contributed by atoms with Gasteiger partial charge in [0, 0.05) is 42.0 Å². The van der Waals surface area contributed by atoms with Crippen molar-refractivity contribution in [2.24, 2.45) is 5.92 Å². The number of carboxylic acids is 1. The number of allylic oxidation sites excluding steroid dienone is 1. The molecule has 4 amide bonds. The zero-order valence-corrected chi connectivity index (χ0v) is 29.0. The molecule has 1 aliphatic carbocycles. The van der Waals surface area contributed by atoms with Crippen LogP contribution in [-0.4, -0.2) is 83.1 Å². The summed E-state index contributed by atoms with van der Waals surface area (Å²) in [4.78, 5) is 60.6. The van der Waals surface area contributed by atoms with E-state index in [1.54, 1.807) is 25.3 Å². The van der Waals surface area contributed by atoms with E-state index in [1.165, 1.54) is 4.90 Å². The summed E-state index contributed by atoms with van der Waals surface area (Å²) in [5.41, 5.74) is -1.52. The molecule has 1 saturated heterocycles. The van der Waals surface area contributed by atoms with E-state index in [0.29, 0.717) is 47.5 Å². The van der Waals surface area contributed by atoms with Gasteiger partial charge < -0.3 is 30.0 Å². The standard InChI is InChI=1S/C38H45N5O8/c1-3-4-19-50-36(48)42-38-23-28(51-32-21-30(25-13-9-8-10-14-25)40-31-20-27(49-2)16-17-29(31)32)24-43(38)35(47)39-18-12-7-5-6-11-15-26-22-37(26,34(45)46)41-33(38)44/h8-11,13-17,20-21,26,28H,3-7,12,18-19,22-24H2,1-2H3,(H,39,47)(H,41,44)(H,42,48)(H,45,46)/b15-11+. The number of pyridine rings is 1. The van der Waals surface area contributed by atoms with Gasteiger partial charge in [0.1, 0.15) is 23.1 Å². The number of urea groups is 1. The zero-order chi connectivity index (χ0) is 36.0. The average Bonchev–Trinajstić information content (AvgIpc) is 3.71. The van der Waals surface area contributed by atoms with Crippen molar-refractivity contribution >= 4 is 34.9 Å². The molecule has 0 radical (unpaired) electrons. The molecule has 1 aromatic heterocycles. The highest BCUT2D eigenvalue weighted by Crippen LogP contribution is 2.46. The molecule has 0 spiro atoms. The maximum atomic E-state index is 14.6. The Balaban J connectivity index is 1.40. The number of ether oxygens (including phenoxy) is 3. The van der Waals surface area contributed by atoms with Gasteiger partial charge in [0.15, 0.2) is 0 Å². The van der Waals surface area contributed by atoms with Crippen molar-refractivity contribution in [1.82, 2.24) is 25.8 Å². The number of unbranched alkanes of at least 4 members (excludes halogenated alkanes) is 1. The molecular formula is C38H45N5O8. The number of nitrogens with zero attached hydrogens (tertiary/aromatic N) is 2. The van der Waals surface area contributed by atoms with E-state index in [0.717, 1.165) is 31.2 Å². The first kappa shape index (κ1) is 35.5. The van der Waals surface area contributed by atoms with Crippen molar-refractivity contribution in [3.63, 3.8) is 0 Å². The van der Waals surface area contributed by atoms with Gasteiger partial charge in [0.05, 0.1) is 31.5 Å². The largest absolute Gasteiger partial charge is 0.497 e. The highest BCUT2D eigenvalue weighted by molar-refractivity contribution is 5.99. The number of alkyl carbamates (subject to hydrolysis) is 1. The lowest BCUT2D eigenvalue weighted by atomic mass is 10.0. The predicted molar refractivity (Wildman–Crippen MR) is 189 cm³/mol. The summed E-state index contributed by atoms with van der Waals surface area (Å²) in [6, 6.07) is 16.2. The lowest BCUT2D eigenvalue weighted by molar-refractivity contribution is -0.145. The molecule has 0 bridgehead atoms. The highest BCUT2D eigenvalue weighted by Gasteiger charge is 2.64. The molecule has 3 aromatic rings. The van der Waals surface area contributed by atoms with Gasteiger partial charge in [-0.25, -0.2) is 19.4 Å². The molecule has 270 valence electrons. The summed E-state index contributed by atoms with van der Waals surface area (Å²) in [6.07, 6.45) is 6.62. The Hall–Kier alpha value is -5.33. The van der Waals surface area contributed by atoms with E-state index in [1.807, 2.05) is 55.5 Å². The molecule has 3 heterocycles. The molecule has 13 nitrogen and oxygen atoms in total. The smallest absolute Gasteiger partial charge is 0.409 e. The molecule has 2 fully saturated rings. The monoisotopic (exact) mass is 699 g/mol. The van der Waals surface area contributed by atoms with Gasteiger partial charge >= 0.3 is 18.1 Å². The molecule has 2 aliphatic heterocycles. The Morgan fingerprint density at radius 3 is 2.67 bits per heavy atom. The number of hydrogen-bond donors (Lipinski definition) is 4. The Morgan fingerprint density at radius 1 is 1.08 bits per heavy atom. The first-order chi connectivity index (χ1) is 24.7. The lowest BCUT2D eigenvalue weighted by Gasteiger charge is -2.37. The molecule has 4 atom stereocenters. The molecular weight excluding hydrogens is 654 g/mol. The van der Waals surface area contributed by atoms with Crippen LogP contribution in [-0.2, 0) is 14.3 Å². The van der Waals surface area contributed by atoms with E-state index in [9.17, 15) is 24.3 Å². The average molecular weight is 700 g/mol. The van der Waals surface area contributed by atoms with Crippen LogP contribution in [0.4, 0.5) is 9.59 Å². The van der Waals surface area contributed by atoms with Crippen LogP contribution in [0.2, 0.25) is 0 Å². The van der Waals surface area contributed by atoms with Crippen molar-refractivity contribution in [1.29, 1.82) is 0 Å². The van der Waals surface area contributed by atoms with Crippen molar-refractivity contribution in [2.75, 3.05) is 26.8 Å². The number of hydrogen-bond acceptors (Lipinski definition) is 8. The normalized spacial score (nSPS) is 25.6. The second-order valence-electron chi connectivity index (χ2n) is 13.3. The summed E-state index contributed by atoms with van der Waals surface area (Å²) in [5.74, 6) is -1.41. The molecule has 4 N–H and O–H groups in total. The lowest BCUT2D eigenvalue weighted by Crippen LogP contribution is -2.70. The number of nitrogens with one attached hydrogen (secondary N) is 3. The van der Waals surface area contributed by atoms with Crippen LogP contribution >= 0.6 is 0 Å². The minimum absolute atomic E-state index is 0.0987. The van der Waals surface area contributed by atoms with E-state index in [-0.39, 0.29) is 26.0 Å². The van der Waals surface area contributed by atoms with Gasteiger partial charge in [-0.3, -0.25) is 15.0 Å². The Labute approximate surface area is 296 Å². The number of aliphatic carboxylic acids is 1. The fraction of sp³-hybridized carbons (Fsp3) is 0.447. The molecule has 3 aliphatic rings. The van der Waals surface area contributed by atoms with Crippen molar-refractivity contribution in [3.05, 3.63) is 66.7 Å². The molecule has 4 unspecified atom stereocenters. The first-order valence-corrected chi connectivity index (χ1v) is 17.6. The van der Waals surface area contributed by atoms with Crippen LogP contribution in [0.15, 0.2) is 66.7 Å². The SMILES string of the molecule is CCCCOC(=O)NC12CC(Oc3cc(-c4ccccc4)nc4cc(OC)ccc34)CN1C(=O)NCCCCC/C=C/C1CC1(C(=O)O)NC2=O. The van der Waals surface area contributed by atoms with Crippen LogP contribution in [0.5, 0.6) is 11.5 Å². The Kier molecular flexibility index (Phi) is 10.6. The Bertz CT molecular complexity index is 1800. The van der Waals surface area contributed by atoms with Crippen LogP contribution in [0.1, 0.15) is 58.3 Å². The summed E-state index contributed by atoms with van der Waals surface area (Å²) in [7, 11) is 1.57.